The van der Waals surface area contributed by atoms with Gasteiger partial charge >= 0.3 is 6.09 Å². The number of amides is 1. The first kappa shape index (κ1) is 18.1. The van der Waals surface area contributed by atoms with Crippen LogP contribution in [0.15, 0.2) is 12.1 Å². The molecule has 142 valence electrons. The molecule has 2 aliphatic rings. The number of carboxylic acid groups (broad SMARTS) is 1. The van der Waals surface area contributed by atoms with Crippen LogP contribution in [-0.2, 0) is 4.74 Å². The quantitative estimate of drug-likeness (QED) is 0.338. The van der Waals surface area contributed by atoms with Gasteiger partial charge in [0, 0.05) is 31.8 Å². The molecule has 1 aromatic carbocycles. The van der Waals surface area contributed by atoms with Gasteiger partial charge in [0.25, 0.3) is 5.69 Å². The summed E-state index contributed by atoms with van der Waals surface area (Å²) in [5.74, 6) is 0. The van der Waals surface area contributed by atoms with E-state index in [4.69, 9.17) is 15.6 Å². The topological polar surface area (TPSA) is 143 Å². The van der Waals surface area contributed by atoms with Crippen LogP contribution in [-0.4, -0.2) is 54.5 Å². The van der Waals surface area contributed by atoms with Crippen molar-refractivity contribution in [3.63, 3.8) is 0 Å². The molecule has 2 fully saturated rings. The first-order valence-electron chi connectivity index (χ1n) is 8.62. The number of benzene rings is 1. The zero-order valence-corrected chi connectivity index (χ0v) is 14.3. The Hall–Kier alpha value is -2.75. The van der Waals surface area contributed by atoms with Gasteiger partial charge in [0.1, 0.15) is 5.69 Å². The summed E-state index contributed by atoms with van der Waals surface area (Å²) in [6.07, 6.45) is 1.29. The molecule has 2 saturated heterocycles. The standard InChI is InChI=1S/C16H23N5O5/c17-14-12(19-10-5-7-26-9-10)3-4-13(21(24)25)15(14)20-6-1-2-11(20)8-18-16(22)23/h3-4,10-11,18-19H,1-2,5-9,17H2,(H,22,23). The second kappa shape index (κ2) is 7.65. The van der Waals surface area contributed by atoms with Gasteiger partial charge in [0.05, 0.1) is 28.9 Å². The molecule has 2 atom stereocenters. The molecule has 10 nitrogen and oxygen atoms in total. The fraction of sp³-hybridized carbons (Fsp3) is 0.562. The van der Waals surface area contributed by atoms with E-state index in [0.29, 0.717) is 36.8 Å². The van der Waals surface area contributed by atoms with Crippen LogP contribution in [0.25, 0.3) is 0 Å². The molecule has 1 aromatic rings. The third-order valence-corrected chi connectivity index (χ3v) is 4.84. The number of carbonyl (C=O) groups is 1. The minimum Gasteiger partial charge on any atom is -0.465 e. The fourth-order valence-electron chi connectivity index (χ4n) is 3.59. The van der Waals surface area contributed by atoms with E-state index in [1.165, 1.54) is 6.07 Å². The monoisotopic (exact) mass is 365 g/mol. The molecule has 0 bridgehead atoms. The van der Waals surface area contributed by atoms with Gasteiger partial charge in [-0.3, -0.25) is 10.1 Å². The molecule has 3 rings (SSSR count). The number of anilines is 3. The van der Waals surface area contributed by atoms with Gasteiger partial charge in [0.2, 0.25) is 0 Å². The van der Waals surface area contributed by atoms with E-state index in [-0.39, 0.29) is 24.3 Å². The van der Waals surface area contributed by atoms with Crippen molar-refractivity contribution in [1.82, 2.24) is 5.32 Å². The Morgan fingerprint density at radius 2 is 2.27 bits per heavy atom. The zero-order chi connectivity index (χ0) is 18.7. The molecule has 0 radical (unpaired) electrons. The van der Waals surface area contributed by atoms with E-state index in [2.05, 4.69) is 10.6 Å². The van der Waals surface area contributed by atoms with Crippen LogP contribution in [0.3, 0.4) is 0 Å². The van der Waals surface area contributed by atoms with Crippen LogP contribution in [0.2, 0.25) is 0 Å². The van der Waals surface area contributed by atoms with Crippen LogP contribution in [0.4, 0.5) is 27.5 Å². The van der Waals surface area contributed by atoms with Gasteiger partial charge in [-0.05, 0) is 25.3 Å². The highest BCUT2D eigenvalue weighted by Crippen LogP contribution is 2.42. The summed E-state index contributed by atoms with van der Waals surface area (Å²) in [6, 6.07) is 3.02. The Morgan fingerprint density at radius 3 is 2.92 bits per heavy atom. The lowest BCUT2D eigenvalue weighted by molar-refractivity contribution is -0.384. The Balaban J connectivity index is 1.91. The molecule has 2 heterocycles. The van der Waals surface area contributed by atoms with E-state index in [1.807, 2.05) is 4.90 Å². The molecule has 0 spiro atoms. The van der Waals surface area contributed by atoms with Crippen molar-refractivity contribution in [2.45, 2.75) is 31.3 Å². The lowest BCUT2D eigenvalue weighted by Gasteiger charge is -2.28. The minimum absolute atomic E-state index is 0.0713. The van der Waals surface area contributed by atoms with Crippen molar-refractivity contribution in [2.24, 2.45) is 0 Å². The SMILES string of the molecule is Nc1c(NC2CCOC2)ccc([N+](=O)[O-])c1N1CCCC1CNC(=O)O. The number of nitrogen functional groups attached to an aromatic ring is 1. The highest BCUT2D eigenvalue weighted by atomic mass is 16.6. The van der Waals surface area contributed by atoms with Crippen molar-refractivity contribution in [3.05, 3.63) is 22.2 Å². The van der Waals surface area contributed by atoms with Crippen molar-refractivity contribution < 1.29 is 19.6 Å². The summed E-state index contributed by atoms with van der Waals surface area (Å²) in [5, 5.41) is 26.0. The Kier molecular flexibility index (Phi) is 5.31. The summed E-state index contributed by atoms with van der Waals surface area (Å²) < 4.78 is 5.35. The van der Waals surface area contributed by atoms with Crippen molar-refractivity contribution in [2.75, 3.05) is 42.3 Å². The van der Waals surface area contributed by atoms with Crippen molar-refractivity contribution in [1.29, 1.82) is 0 Å². The number of hydrogen-bond donors (Lipinski definition) is 4. The first-order valence-corrected chi connectivity index (χ1v) is 8.62. The number of rotatable bonds is 6. The molecule has 2 unspecified atom stereocenters. The van der Waals surface area contributed by atoms with Crippen LogP contribution < -0.4 is 21.3 Å². The maximum absolute atomic E-state index is 11.5. The van der Waals surface area contributed by atoms with Gasteiger partial charge in [0.15, 0.2) is 0 Å². The minimum atomic E-state index is -1.11. The number of nitrogens with zero attached hydrogens (tertiary/aromatic N) is 2. The van der Waals surface area contributed by atoms with Crippen LogP contribution in [0, 0.1) is 10.1 Å². The molecule has 26 heavy (non-hydrogen) atoms. The fourth-order valence-corrected chi connectivity index (χ4v) is 3.59. The van der Waals surface area contributed by atoms with E-state index < -0.39 is 11.0 Å². The van der Waals surface area contributed by atoms with Crippen molar-refractivity contribution in [3.8, 4) is 0 Å². The number of nitrogens with one attached hydrogen (secondary N) is 2. The molecule has 2 aliphatic heterocycles. The van der Waals surface area contributed by atoms with E-state index in [0.717, 1.165) is 19.3 Å². The second-order valence-corrected chi connectivity index (χ2v) is 6.53. The number of ether oxygens (including phenoxy) is 1. The molecule has 0 aliphatic carbocycles. The largest absolute Gasteiger partial charge is 0.465 e. The smallest absolute Gasteiger partial charge is 0.404 e. The summed E-state index contributed by atoms with van der Waals surface area (Å²) >= 11 is 0. The lowest BCUT2D eigenvalue weighted by atomic mass is 10.1. The molecule has 0 saturated carbocycles. The first-order chi connectivity index (χ1) is 12.5. The molecular weight excluding hydrogens is 342 g/mol. The van der Waals surface area contributed by atoms with E-state index >= 15 is 0 Å². The summed E-state index contributed by atoms with van der Waals surface area (Å²) in [6.45, 7) is 2.03. The lowest BCUT2D eigenvalue weighted by Crippen LogP contribution is -2.40. The third-order valence-electron chi connectivity index (χ3n) is 4.84. The molecule has 1 amide bonds. The summed E-state index contributed by atoms with van der Waals surface area (Å²) in [7, 11) is 0. The Bertz CT molecular complexity index is 692. The maximum atomic E-state index is 11.5. The van der Waals surface area contributed by atoms with Gasteiger partial charge in [-0.25, -0.2) is 4.79 Å². The average Bonchev–Trinajstić information content (AvgIpc) is 3.25. The van der Waals surface area contributed by atoms with Crippen molar-refractivity contribution >= 4 is 28.8 Å². The number of nitrogens with two attached hydrogens (primary N) is 1. The normalized spacial score (nSPS) is 22.4. The predicted octanol–water partition coefficient (Wildman–Crippen LogP) is 1.61. The number of hydrogen-bond acceptors (Lipinski definition) is 7. The van der Waals surface area contributed by atoms with Gasteiger partial charge in [-0.2, -0.15) is 0 Å². The van der Waals surface area contributed by atoms with Gasteiger partial charge < -0.3 is 31.1 Å². The van der Waals surface area contributed by atoms with Crippen LogP contribution >= 0.6 is 0 Å². The Morgan fingerprint density at radius 1 is 1.46 bits per heavy atom. The van der Waals surface area contributed by atoms with E-state index in [9.17, 15) is 14.9 Å². The second-order valence-electron chi connectivity index (χ2n) is 6.53. The Labute approximate surface area is 150 Å². The molecular formula is C16H23N5O5. The van der Waals surface area contributed by atoms with Gasteiger partial charge in [-0.1, -0.05) is 0 Å². The van der Waals surface area contributed by atoms with Crippen LogP contribution in [0.5, 0.6) is 0 Å². The zero-order valence-electron chi connectivity index (χ0n) is 14.3. The molecule has 5 N–H and O–H groups in total. The highest BCUT2D eigenvalue weighted by Gasteiger charge is 2.33. The van der Waals surface area contributed by atoms with Gasteiger partial charge in [-0.15, -0.1) is 0 Å². The van der Waals surface area contributed by atoms with E-state index in [1.54, 1.807) is 6.07 Å². The predicted molar refractivity (Wildman–Crippen MR) is 96.8 cm³/mol. The van der Waals surface area contributed by atoms with Crippen LogP contribution in [0.1, 0.15) is 19.3 Å². The highest BCUT2D eigenvalue weighted by molar-refractivity contribution is 5.88. The summed E-state index contributed by atoms with van der Waals surface area (Å²) in [4.78, 5) is 23.7. The average molecular weight is 365 g/mol. The summed E-state index contributed by atoms with van der Waals surface area (Å²) in [5.41, 5.74) is 7.55. The number of nitro benzene ring substituents is 1. The molecule has 0 aromatic heterocycles. The number of nitro groups is 1. The molecule has 10 heteroatoms. The third kappa shape index (κ3) is 3.74. The maximum Gasteiger partial charge on any atom is 0.404 e.